The lowest BCUT2D eigenvalue weighted by atomic mass is 10.0. The minimum absolute atomic E-state index is 1.15. The second kappa shape index (κ2) is 8.98. The van der Waals surface area contributed by atoms with Crippen molar-refractivity contribution in [3.05, 3.63) is 132 Å². The third-order valence-electron chi connectivity index (χ3n) is 7.08. The molecule has 0 bridgehead atoms. The predicted octanol–water partition coefficient (Wildman–Crippen LogP) is 8.07. The van der Waals surface area contributed by atoms with Crippen LogP contribution < -0.4 is 4.57 Å². The van der Waals surface area contributed by atoms with Gasteiger partial charge >= 0.3 is 0 Å². The van der Waals surface area contributed by atoms with Crippen LogP contribution in [0.1, 0.15) is 11.1 Å². The van der Waals surface area contributed by atoms with Gasteiger partial charge in [-0.1, -0.05) is 90.5 Å². The van der Waals surface area contributed by atoms with Crippen LogP contribution in [0.15, 0.2) is 121 Å². The molecule has 0 atom stereocenters. The Morgan fingerprint density at radius 2 is 1.14 bits per heavy atom. The van der Waals surface area contributed by atoms with Crippen LogP contribution in [0.3, 0.4) is 0 Å². The molecule has 0 fully saturated rings. The largest absolute Gasteiger partial charge is 0.295 e. The molecule has 6 rings (SSSR count). The molecule has 0 amide bonds. The Labute approximate surface area is 212 Å². The Balaban J connectivity index is 1.62. The summed E-state index contributed by atoms with van der Waals surface area (Å²) in [6.45, 7) is 4.36. The average Bonchev–Trinajstić information content (AvgIpc) is 3.22. The smallest absolute Gasteiger partial charge is 0.225 e. The minimum Gasteiger partial charge on any atom is -0.225 e. The van der Waals surface area contributed by atoms with Crippen LogP contribution in [0.4, 0.5) is 0 Å². The van der Waals surface area contributed by atoms with Crippen LogP contribution in [0.5, 0.6) is 0 Å². The molecule has 0 aliphatic rings. The van der Waals surface area contributed by atoms with E-state index in [0.29, 0.717) is 0 Å². The summed E-state index contributed by atoms with van der Waals surface area (Å²) in [7, 11) is 2.18. The molecule has 1 heterocycles. The lowest BCUT2D eigenvalue weighted by Crippen LogP contribution is -2.30. The molecule has 2 nitrogen and oxygen atoms in total. The van der Waals surface area contributed by atoms with Gasteiger partial charge in [0.1, 0.15) is 5.69 Å². The molecule has 0 saturated carbocycles. The number of hydrogen-bond acceptors (Lipinski definition) is 0. The Kier molecular flexibility index (Phi) is 5.50. The van der Waals surface area contributed by atoms with E-state index < -0.39 is 0 Å². The highest BCUT2D eigenvalue weighted by atomic mass is 15.2. The fourth-order valence-electron chi connectivity index (χ4n) is 5.15. The summed E-state index contributed by atoms with van der Waals surface area (Å²) in [6, 6.07) is 43.6. The second-order valence-electron chi connectivity index (χ2n) is 9.52. The van der Waals surface area contributed by atoms with E-state index in [2.05, 4.69) is 151 Å². The first-order chi connectivity index (χ1) is 17.6. The molecule has 0 unspecified atom stereocenters. The lowest BCUT2D eigenvalue weighted by Gasteiger charge is -2.09. The SMILES string of the molecule is Cc1ccc(C)c(-c2n(-c3ccc(-c4ccccc4)cc3)c3cc(-c4ccccc4)ccc3[n+]2C)c1. The maximum atomic E-state index is 2.42. The number of nitrogens with zero attached hydrogens (tertiary/aromatic N) is 2. The van der Waals surface area contributed by atoms with Gasteiger partial charge in [0.15, 0.2) is 11.0 Å². The van der Waals surface area contributed by atoms with Gasteiger partial charge in [0.25, 0.3) is 5.82 Å². The zero-order valence-electron chi connectivity index (χ0n) is 20.9. The molecule has 0 aliphatic heterocycles. The predicted molar refractivity (Wildman–Crippen MR) is 150 cm³/mol. The first kappa shape index (κ1) is 22.1. The fourth-order valence-corrected chi connectivity index (χ4v) is 5.15. The maximum absolute atomic E-state index is 2.42. The number of aryl methyl sites for hydroxylation is 3. The number of benzene rings is 5. The fraction of sp³-hybridized carbons (Fsp3) is 0.0882. The van der Waals surface area contributed by atoms with Gasteiger partial charge < -0.3 is 0 Å². The molecule has 36 heavy (non-hydrogen) atoms. The van der Waals surface area contributed by atoms with E-state index >= 15 is 0 Å². The lowest BCUT2D eigenvalue weighted by molar-refractivity contribution is -0.633. The van der Waals surface area contributed by atoms with Crippen LogP contribution in [-0.2, 0) is 7.05 Å². The van der Waals surface area contributed by atoms with Crippen molar-refractivity contribution in [2.24, 2.45) is 7.05 Å². The van der Waals surface area contributed by atoms with Crippen molar-refractivity contribution in [1.82, 2.24) is 4.57 Å². The maximum Gasteiger partial charge on any atom is 0.295 e. The van der Waals surface area contributed by atoms with Crippen LogP contribution >= 0.6 is 0 Å². The second-order valence-corrected chi connectivity index (χ2v) is 9.52. The van der Waals surface area contributed by atoms with Crippen LogP contribution in [-0.4, -0.2) is 4.57 Å². The number of imidazole rings is 1. The topological polar surface area (TPSA) is 8.81 Å². The normalized spacial score (nSPS) is 11.2. The van der Waals surface area contributed by atoms with E-state index in [1.807, 2.05) is 0 Å². The van der Waals surface area contributed by atoms with Gasteiger partial charge in [0, 0.05) is 0 Å². The molecule has 0 aliphatic carbocycles. The highest BCUT2D eigenvalue weighted by Gasteiger charge is 2.27. The first-order valence-corrected chi connectivity index (χ1v) is 12.4. The van der Waals surface area contributed by atoms with Gasteiger partial charge in [0.2, 0.25) is 0 Å². The highest BCUT2D eigenvalue weighted by molar-refractivity contribution is 5.85. The highest BCUT2D eigenvalue weighted by Crippen LogP contribution is 2.33. The Hall–Kier alpha value is -4.43. The Morgan fingerprint density at radius 3 is 1.81 bits per heavy atom. The number of rotatable bonds is 4. The van der Waals surface area contributed by atoms with Crippen LogP contribution in [0, 0.1) is 13.8 Å². The molecule has 5 aromatic carbocycles. The molecule has 2 heteroatoms. The third kappa shape index (κ3) is 3.81. The van der Waals surface area contributed by atoms with Gasteiger partial charge in [-0.15, -0.1) is 0 Å². The van der Waals surface area contributed by atoms with Gasteiger partial charge in [-0.2, -0.15) is 4.57 Å². The standard InChI is InChI=1S/C34H29N2/c1-24-14-15-25(2)31(22-24)34-35(3)32-21-18-29(27-12-8-5-9-13-27)23-33(32)36(34)30-19-16-28(17-20-30)26-10-6-4-7-11-26/h4-23H,1-3H3/q+1. The van der Waals surface area contributed by atoms with Crippen LogP contribution in [0.25, 0.3) is 50.4 Å². The molecule has 0 spiro atoms. The van der Waals surface area contributed by atoms with E-state index in [9.17, 15) is 0 Å². The van der Waals surface area contributed by atoms with Gasteiger partial charge in [-0.05, 0) is 78.1 Å². The van der Waals surface area contributed by atoms with Gasteiger partial charge in [-0.25, -0.2) is 4.57 Å². The average molecular weight is 466 g/mol. The summed E-state index contributed by atoms with van der Waals surface area (Å²) >= 11 is 0. The zero-order chi connectivity index (χ0) is 24.6. The summed E-state index contributed by atoms with van der Waals surface area (Å²) in [4.78, 5) is 0. The van der Waals surface area contributed by atoms with Crippen molar-refractivity contribution < 1.29 is 4.57 Å². The third-order valence-corrected chi connectivity index (χ3v) is 7.08. The van der Waals surface area contributed by atoms with Gasteiger partial charge in [-0.3, -0.25) is 0 Å². The molecule has 6 aromatic rings. The summed E-state index contributed by atoms with van der Waals surface area (Å²) in [6.07, 6.45) is 0. The van der Waals surface area contributed by atoms with E-state index in [-0.39, 0.29) is 0 Å². The monoisotopic (exact) mass is 465 g/mol. The van der Waals surface area contributed by atoms with Crippen molar-refractivity contribution in [1.29, 1.82) is 0 Å². The summed E-state index contributed by atoms with van der Waals surface area (Å²) in [5.74, 6) is 1.18. The van der Waals surface area contributed by atoms with E-state index in [1.165, 1.54) is 55.8 Å². The van der Waals surface area contributed by atoms with Crippen molar-refractivity contribution in [2.45, 2.75) is 13.8 Å². The molecular formula is C34H29N2+. The van der Waals surface area contributed by atoms with Gasteiger partial charge in [0.05, 0.1) is 12.6 Å². The Morgan fingerprint density at radius 1 is 0.556 bits per heavy atom. The zero-order valence-corrected chi connectivity index (χ0v) is 20.9. The minimum atomic E-state index is 1.15. The van der Waals surface area contributed by atoms with Crippen molar-refractivity contribution in [2.75, 3.05) is 0 Å². The first-order valence-electron chi connectivity index (χ1n) is 12.4. The van der Waals surface area contributed by atoms with E-state index in [4.69, 9.17) is 0 Å². The van der Waals surface area contributed by atoms with E-state index in [1.54, 1.807) is 0 Å². The molecule has 174 valence electrons. The molecule has 1 aromatic heterocycles. The molecule has 0 radical (unpaired) electrons. The quantitative estimate of drug-likeness (QED) is 0.233. The van der Waals surface area contributed by atoms with Crippen LogP contribution in [0.2, 0.25) is 0 Å². The summed E-state index contributed by atoms with van der Waals surface area (Å²) in [5.41, 5.74) is 12.2. The van der Waals surface area contributed by atoms with E-state index in [0.717, 1.165) is 5.69 Å². The summed E-state index contributed by atoms with van der Waals surface area (Å²) in [5, 5.41) is 0. The van der Waals surface area contributed by atoms with Crippen molar-refractivity contribution >= 4 is 11.0 Å². The van der Waals surface area contributed by atoms with Crippen molar-refractivity contribution in [3.8, 4) is 39.3 Å². The molecule has 0 saturated heterocycles. The summed E-state index contributed by atoms with van der Waals surface area (Å²) < 4.78 is 4.75. The number of aromatic nitrogens is 2. The van der Waals surface area contributed by atoms with Crippen molar-refractivity contribution in [3.63, 3.8) is 0 Å². The number of fused-ring (bicyclic) bond motifs is 1. The number of hydrogen-bond donors (Lipinski definition) is 0. The Bertz CT molecular complexity index is 1680. The molecular weight excluding hydrogens is 436 g/mol. The molecule has 0 N–H and O–H groups in total.